The van der Waals surface area contributed by atoms with E-state index in [1.54, 1.807) is 30.6 Å². The van der Waals surface area contributed by atoms with Gasteiger partial charge in [0.05, 0.1) is 13.1 Å². The van der Waals surface area contributed by atoms with Crippen LogP contribution in [0, 0.1) is 0 Å². The van der Waals surface area contributed by atoms with E-state index in [1.165, 1.54) is 0 Å². The molecule has 0 unspecified atom stereocenters. The summed E-state index contributed by atoms with van der Waals surface area (Å²) in [6.45, 7) is 0.276. The van der Waals surface area contributed by atoms with Crippen LogP contribution in [0.2, 0.25) is 0 Å². The minimum atomic E-state index is -0.0177. The van der Waals surface area contributed by atoms with Crippen molar-refractivity contribution in [3.05, 3.63) is 35.9 Å². The molecule has 0 amide bonds. The van der Waals surface area contributed by atoms with E-state index in [1.807, 2.05) is 6.07 Å². The minimum absolute atomic E-state index is 0.0177. The lowest BCUT2D eigenvalue weighted by Gasteiger charge is -1.99. The van der Waals surface area contributed by atoms with Crippen molar-refractivity contribution in [1.29, 1.82) is 0 Å². The maximum Gasteiger partial charge on any atom is 0.213 e. The predicted octanol–water partition coefficient (Wildman–Crippen LogP) is 0.569. The molecule has 0 bridgehead atoms. The molecule has 0 aromatic heterocycles. The number of nitrogens with one attached hydrogen (secondary N) is 1. The zero-order valence-corrected chi connectivity index (χ0v) is 7.12. The molecule has 0 saturated heterocycles. The molecular weight excluding hydrogens is 166 g/mol. The lowest BCUT2D eigenvalue weighted by atomic mass is 10.1. The van der Waals surface area contributed by atoms with Crippen LogP contribution in [0.5, 0.6) is 0 Å². The highest BCUT2D eigenvalue weighted by molar-refractivity contribution is 5.97. The first-order valence-electron chi connectivity index (χ1n) is 3.98. The Morgan fingerprint density at radius 3 is 2.62 bits per heavy atom. The number of carbonyl (C=O) groups excluding carboxylic acids is 2. The summed E-state index contributed by atoms with van der Waals surface area (Å²) in [7, 11) is 0. The molecule has 0 spiro atoms. The number of hydrogen-bond acceptors (Lipinski definition) is 3. The Balaban J connectivity index is 2.45. The maximum absolute atomic E-state index is 11.3. The van der Waals surface area contributed by atoms with Gasteiger partial charge in [-0.1, -0.05) is 30.3 Å². The van der Waals surface area contributed by atoms with E-state index in [4.69, 9.17) is 0 Å². The molecule has 0 fully saturated rings. The van der Waals surface area contributed by atoms with Crippen molar-refractivity contribution in [1.82, 2.24) is 5.32 Å². The Kier molecular flexibility index (Phi) is 3.85. The average Bonchev–Trinajstić information content (AvgIpc) is 2.19. The number of Topliss-reactive ketones (excluding diaryl/α,β-unsaturated/α-hetero) is 1. The van der Waals surface area contributed by atoms with Crippen molar-refractivity contribution < 1.29 is 9.59 Å². The van der Waals surface area contributed by atoms with Crippen molar-refractivity contribution in [2.45, 2.75) is 0 Å². The Bertz CT molecular complexity index is 282. The molecule has 0 saturated carbocycles. The molecule has 13 heavy (non-hydrogen) atoms. The van der Waals surface area contributed by atoms with Gasteiger partial charge in [0, 0.05) is 5.56 Å². The smallest absolute Gasteiger partial charge is 0.213 e. The van der Waals surface area contributed by atoms with Gasteiger partial charge in [0.1, 0.15) is 0 Å². The van der Waals surface area contributed by atoms with Gasteiger partial charge >= 0.3 is 0 Å². The number of carbonyl (C=O) groups is 1. The molecule has 0 aliphatic heterocycles. The molecule has 1 rings (SSSR count). The predicted molar refractivity (Wildman–Crippen MR) is 49.3 cm³/mol. The number of hydrogen-bond donors (Lipinski definition) is 1. The molecule has 0 aliphatic carbocycles. The molecule has 67 valence electrons. The SMILES string of the molecule is O=[C]CNCC(=O)c1ccccc1. The van der Waals surface area contributed by atoms with Gasteiger partial charge in [0.2, 0.25) is 6.29 Å². The fourth-order valence-corrected chi connectivity index (χ4v) is 0.953. The topological polar surface area (TPSA) is 46.2 Å². The van der Waals surface area contributed by atoms with Crippen molar-refractivity contribution in [2.24, 2.45) is 0 Å². The molecule has 1 aromatic rings. The summed E-state index contributed by atoms with van der Waals surface area (Å²) in [5.74, 6) is -0.0177. The summed E-state index contributed by atoms with van der Waals surface area (Å²) < 4.78 is 0. The van der Waals surface area contributed by atoms with Crippen LogP contribution in [0.1, 0.15) is 10.4 Å². The Labute approximate surface area is 76.8 Å². The van der Waals surface area contributed by atoms with Gasteiger partial charge in [-0.2, -0.15) is 0 Å². The van der Waals surface area contributed by atoms with E-state index in [0.29, 0.717) is 5.56 Å². The van der Waals surface area contributed by atoms with Gasteiger partial charge in [-0.3, -0.25) is 9.59 Å². The number of benzene rings is 1. The first-order valence-corrected chi connectivity index (χ1v) is 3.98. The number of ketones is 1. The van der Waals surface area contributed by atoms with Crippen LogP contribution in [-0.4, -0.2) is 25.2 Å². The molecule has 0 atom stereocenters. The van der Waals surface area contributed by atoms with E-state index < -0.39 is 0 Å². The van der Waals surface area contributed by atoms with Crippen LogP contribution in [0.25, 0.3) is 0 Å². The van der Waals surface area contributed by atoms with Gasteiger partial charge in [-0.15, -0.1) is 0 Å². The minimum Gasteiger partial charge on any atom is -0.302 e. The van der Waals surface area contributed by atoms with E-state index in [2.05, 4.69) is 5.32 Å². The van der Waals surface area contributed by atoms with Gasteiger partial charge in [0.15, 0.2) is 5.78 Å². The van der Waals surface area contributed by atoms with Crippen molar-refractivity contribution >= 4 is 12.1 Å². The lowest BCUT2D eigenvalue weighted by Crippen LogP contribution is -2.24. The zero-order chi connectivity index (χ0) is 9.52. The van der Waals surface area contributed by atoms with Crippen LogP contribution in [-0.2, 0) is 4.79 Å². The molecule has 0 heterocycles. The summed E-state index contributed by atoms with van der Waals surface area (Å²) in [5.41, 5.74) is 0.654. The molecule has 1 N–H and O–H groups in total. The van der Waals surface area contributed by atoms with Crippen LogP contribution >= 0.6 is 0 Å². The number of rotatable bonds is 5. The third-order valence-electron chi connectivity index (χ3n) is 1.58. The quantitative estimate of drug-likeness (QED) is 0.527. The van der Waals surface area contributed by atoms with Crippen LogP contribution in [0.15, 0.2) is 30.3 Å². The van der Waals surface area contributed by atoms with Crippen molar-refractivity contribution in [2.75, 3.05) is 13.1 Å². The van der Waals surface area contributed by atoms with Gasteiger partial charge in [-0.05, 0) is 0 Å². The summed E-state index contributed by atoms with van der Waals surface area (Å²) in [5, 5.41) is 2.66. The van der Waals surface area contributed by atoms with E-state index >= 15 is 0 Å². The molecule has 3 nitrogen and oxygen atoms in total. The summed E-state index contributed by atoms with van der Waals surface area (Å²) in [6, 6.07) is 8.95. The fourth-order valence-electron chi connectivity index (χ4n) is 0.953. The Hall–Kier alpha value is -1.48. The van der Waals surface area contributed by atoms with Crippen LogP contribution in [0.4, 0.5) is 0 Å². The molecule has 1 aromatic carbocycles. The lowest BCUT2D eigenvalue weighted by molar-refractivity contribution is 0.0992. The zero-order valence-electron chi connectivity index (χ0n) is 7.12. The monoisotopic (exact) mass is 176 g/mol. The second-order valence-electron chi connectivity index (χ2n) is 2.54. The normalized spacial score (nSPS) is 9.54. The third kappa shape index (κ3) is 3.17. The first-order chi connectivity index (χ1) is 6.34. The first kappa shape index (κ1) is 9.61. The van der Waals surface area contributed by atoms with Crippen LogP contribution < -0.4 is 5.32 Å². The van der Waals surface area contributed by atoms with E-state index in [0.717, 1.165) is 0 Å². The van der Waals surface area contributed by atoms with E-state index in [9.17, 15) is 9.59 Å². The fraction of sp³-hybridized carbons (Fsp3) is 0.200. The summed E-state index contributed by atoms with van der Waals surface area (Å²) in [4.78, 5) is 21.2. The maximum atomic E-state index is 11.3. The molecule has 3 heteroatoms. The summed E-state index contributed by atoms with van der Waals surface area (Å²) >= 11 is 0. The van der Waals surface area contributed by atoms with Crippen molar-refractivity contribution in [3.63, 3.8) is 0 Å². The van der Waals surface area contributed by atoms with Gasteiger partial charge in [0.25, 0.3) is 0 Å². The Morgan fingerprint density at radius 1 is 1.31 bits per heavy atom. The van der Waals surface area contributed by atoms with E-state index in [-0.39, 0.29) is 18.9 Å². The Morgan fingerprint density at radius 2 is 2.00 bits per heavy atom. The standard InChI is InChI=1S/C10H10NO2/c12-7-6-11-8-10(13)9-4-2-1-3-5-9/h1-5,11H,6,8H2. The highest BCUT2D eigenvalue weighted by atomic mass is 16.1. The highest BCUT2D eigenvalue weighted by Gasteiger charge is 2.02. The highest BCUT2D eigenvalue weighted by Crippen LogP contribution is 1.98. The third-order valence-corrected chi connectivity index (χ3v) is 1.58. The summed E-state index contributed by atoms with van der Waals surface area (Å²) in [6.07, 6.45) is 1.66. The molecular formula is C10H10NO2. The second kappa shape index (κ2) is 5.22. The van der Waals surface area contributed by atoms with Gasteiger partial charge < -0.3 is 5.32 Å². The van der Waals surface area contributed by atoms with Crippen molar-refractivity contribution in [3.8, 4) is 0 Å². The van der Waals surface area contributed by atoms with Crippen LogP contribution in [0.3, 0.4) is 0 Å². The largest absolute Gasteiger partial charge is 0.302 e. The second-order valence-corrected chi connectivity index (χ2v) is 2.54. The van der Waals surface area contributed by atoms with Gasteiger partial charge in [-0.25, -0.2) is 0 Å². The molecule has 0 aliphatic rings. The molecule has 1 radical (unpaired) electrons. The average molecular weight is 176 g/mol.